The summed E-state index contributed by atoms with van der Waals surface area (Å²) in [6.45, 7) is 2.24. The molecule has 0 spiro atoms. The van der Waals surface area contributed by atoms with Crippen molar-refractivity contribution in [1.82, 2.24) is 25.5 Å². The summed E-state index contributed by atoms with van der Waals surface area (Å²) >= 11 is 5.91. The Hall–Kier alpha value is -2.73. The van der Waals surface area contributed by atoms with Gasteiger partial charge in [-0.2, -0.15) is 4.68 Å². The first-order valence-corrected chi connectivity index (χ1v) is 8.42. The number of tetrazole rings is 1. The molecule has 0 saturated carbocycles. The zero-order chi connectivity index (χ0) is 17.6. The van der Waals surface area contributed by atoms with Gasteiger partial charge in [0.05, 0.1) is 18.2 Å². The normalized spacial score (nSPS) is 11.9. The summed E-state index contributed by atoms with van der Waals surface area (Å²) in [6.07, 6.45) is 0.720. The second-order valence-electron chi connectivity index (χ2n) is 5.57. The third-order valence-corrected chi connectivity index (χ3v) is 4.20. The molecular weight excluding hydrogens is 338 g/mol. The number of rotatable bonds is 6. The average Bonchev–Trinajstić information content (AvgIpc) is 3.11. The van der Waals surface area contributed by atoms with Gasteiger partial charge in [-0.25, -0.2) is 0 Å². The maximum atomic E-state index is 12.6. The van der Waals surface area contributed by atoms with E-state index in [2.05, 4.69) is 20.8 Å². The van der Waals surface area contributed by atoms with Gasteiger partial charge in [0.2, 0.25) is 5.91 Å². The van der Waals surface area contributed by atoms with Gasteiger partial charge in [0, 0.05) is 5.02 Å². The molecule has 3 aromatic rings. The fourth-order valence-electron chi connectivity index (χ4n) is 2.65. The van der Waals surface area contributed by atoms with Crippen LogP contribution in [0.25, 0.3) is 5.69 Å². The van der Waals surface area contributed by atoms with Crippen LogP contribution >= 0.6 is 11.6 Å². The molecule has 0 aliphatic carbocycles. The van der Waals surface area contributed by atoms with Gasteiger partial charge in [0.1, 0.15) is 0 Å². The fourth-order valence-corrected chi connectivity index (χ4v) is 2.77. The van der Waals surface area contributed by atoms with Gasteiger partial charge in [0.15, 0.2) is 5.82 Å². The van der Waals surface area contributed by atoms with Crippen molar-refractivity contribution in [2.75, 3.05) is 0 Å². The van der Waals surface area contributed by atoms with Gasteiger partial charge >= 0.3 is 0 Å². The zero-order valence-corrected chi connectivity index (χ0v) is 14.5. The molecule has 1 N–H and O–H groups in total. The highest BCUT2D eigenvalue weighted by molar-refractivity contribution is 6.30. The number of nitrogens with one attached hydrogen (secondary N) is 1. The van der Waals surface area contributed by atoms with Crippen molar-refractivity contribution < 1.29 is 4.79 Å². The van der Waals surface area contributed by atoms with Gasteiger partial charge in [-0.15, -0.1) is 5.10 Å². The van der Waals surface area contributed by atoms with Crippen LogP contribution in [0.5, 0.6) is 0 Å². The van der Waals surface area contributed by atoms with E-state index in [4.69, 9.17) is 11.6 Å². The molecule has 0 saturated heterocycles. The van der Waals surface area contributed by atoms with E-state index in [-0.39, 0.29) is 18.4 Å². The smallest absolute Gasteiger partial charge is 0.227 e. The summed E-state index contributed by atoms with van der Waals surface area (Å²) in [6, 6.07) is 16.9. The molecule has 6 nitrogen and oxygen atoms in total. The van der Waals surface area contributed by atoms with Crippen LogP contribution in [-0.4, -0.2) is 26.1 Å². The van der Waals surface area contributed by atoms with Crippen LogP contribution in [0.15, 0.2) is 54.6 Å². The Balaban J connectivity index is 1.71. The molecule has 25 heavy (non-hydrogen) atoms. The van der Waals surface area contributed by atoms with Crippen molar-refractivity contribution in [3.05, 3.63) is 71.0 Å². The highest BCUT2D eigenvalue weighted by Gasteiger charge is 2.19. The van der Waals surface area contributed by atoms with E-state index in [1.807, 2.05) is 49.4 Å². The van der Waals surface area contributed by atoms with Gasteiger partial charge in [-0.3, -0.25) is 4.79 Å². The van der Waals surface area contributed by atoms with Crippen LogP contribution in [0, 0.1) is 0 Å². The first kappa shape index (κ1) is 17.1. The molecule has 0 aliphatic heterocycles. The maximum Gasteiger partial charge on any atom is 0.227 e. The summed E-state index contributed by atoms with van der Waals surface area (Å²) < 4.78 is 1.58. The minimum Gasteiger partial charge on any atom is -0.348 e. The van der Waals surface area contributed by atoms with E-state index in [0.717, 1.165) is 17.7 Å². The van der Waals surface area contributed by atoms with Crippen LogP contribution < -0.4 is 5.32 Å². The van der Waals surface area contributed by atoms with E-state index < -0.39 is 0 Å². The quantitative estimate of drug-likeness (QED) is 0.737. The average molecular weight is 356 g/mol. The predicted octanol–water partition coefficient (Wildman–Crippen LogP) is 3.13. The number of hydrogen-bond acceptors (Lipinski definition) is 4. The molecule has 0 radical (unpaired) electrons. The van der Waals surface area contributed by atoms with E-state index in [9.17, 15) is 4.79 Å². The predicted molar refractivity (Wildman–Crippen MR) is 95.5 cm³/mol. The first-order chi connectivity index (χ1) is 12.2. The molecule has 7 heteroatoms. The largest absolute Gasteiger partial charge is 0.348 e. The van der Waals surface area contributed by atoms with Gasteiger partial charge in [-0.05, 0) is 46.7 Å². The Kier molecular flexibility index (Phi) is 5.40. The zero-order valence-electron chi connectivity index (χ0n) is 13.8. The van der Waals surface area contributed by atoms with Crippen LogP contribution in [0.4, 0.5) is 0 Å². The highest BCUT2D eigenvalue weighted by Crippen LogP contribution is 2.19. The van der Waals surface area contributed by atoms with Crippen LogP contribution in [0.3, 0.4) is 0 Å². The lowest BCUT2D eigenvalue weighted by atomic mass is 9.96. The Morgan fingerprint density at radius 2 is 1.88 bits per heavy atom. The molecule has 0 fully saturated rings. The standard InChI is InChI=1S/C18H18ClN5O/c1-2-16(13-6-4-3-5-7-13)18(25)20-12-17-21-22-23-24(17)15-10-8-14(19)9-11-15/h3-11,16H,2,12H2,1H3,(H,20,25)/t16-/m0/s1. The van der Waals surface area contributed by atoms with Crippen molar-refractivity contribution in [2.45, 2.75) is 25.8 Å². The second kappa shape index (κ2) is 7.90. The number of hydrogen-bond donors (Lipinski definition) is 1. The Bertz CT molecular complexity index is 832. The fraction of sp³-hybridized carbons (Fsp3) is 0.222. The molecule has 0 unspecified atom stereocenters. The van der Waals surface area contributed by atoms with E-state index >= 15 is 0 Å². The molecule has 0 bridgehead atoms. The van der Waals surface area contributed by atoms with Crippen molar-refractivity contribution in [3.63, 3.8) is 0 Å². The van der Waals surface area contributed by atoms with Gasteiger partial charge in [-0.1, -0.05) is 48.9 Å². The summed E-state index contributed by atoms with van der Waals surface area (Å²) in [5.41, 5.74) is 1.79. The molecule has 128 valence electrons. The lowest BCUT2D eigenvalue weighted by molar-refractivity contribution is -0.122. The number of benzene rings is 2. The molecule has 2 aromatic carbocycles. The summed E-state index contributed by atoms with van der Waals surface area (Å²) in [5, 5.41) is 15.2. The molecule has 1 heterocycles. The third kappa shape index (κ3) is 4.03. The van der Waals surface area contributed by atoms with Crippen LogP contribution in [-0.2, 0) is 11.3 Å². The first-order valence-electron chi connectivity index (χ1n) is 8.05. The summed E-state index contributed by atoms with van der Waals surface area (Å²) in [7, 11) is 0. The van der Waals surface area contributed by atoms with E-state index in [1.165, 1.54) is 0 Å². The maximum absolute atomic E-state index is 12.6. The Labute approximate surface area is 150 Å². The van der Waals surface area contributed by atoms with Crippen molar-refractivity contribution in [3.8, 4) is 5.69 Å². The minimum atomic E-state index is -0.193. The SMILES string of the molecule is CC[C@H](C(=O)NCc1nnnn1-c1ccc(Cl)cc1)c1ccccc1. The van der Waals surface area contributed by atoms with Crippen LogP contribution in [0.2, 0.25) is 5.02 Å². The third-order valence-electron chi connectivity index (χ3n) is 3.95. The van der Waals surface area contributed by atoms with Gasteiger partial charge < -0.3 is 5.32 Å². The van der Waals surface area contributed by atoms with Crippen molar-refractivity contribution in [2.24, 2.45) is 0 Å². The monoisotopic (exact) mass is 355 g/mol. The Morgan fingerprint density at radius 3 is 2.56 bits per heavy atom. The number of carbonyl (C=O) groups excluding carboxylic acids is 1. The molecule has 1 atom stereocenters. The number of halogens is 1. The lowest BCUT2D eigenvalue weighted by Crippen LogP contribution is -2.29. The topological polar surface area (TPSA) is 72.7 Å². The number of nitrogens with zero attached hydrogens (tertiary/aromatic N) is 4. The van der Waals surface area contributed by atoms with E-state index in [1.54, 1.807) is 16.8 Å². The molecular formula is C18H18ClN5O. The lowest BCUT2D eigenvalue weighted by Gasteiger charge is -2.15. The highest BCUT2D eigenvalue weighted by atomic mass is 35.5. The van der Waals surface area contributed by atoms with E-state index in [0.29, 0.717) is 10.8 Å². The minimum absolute atomic E-state index is 0.0423. The summed E-state index contributed by atoms with van der Waals surface area (Å²) in [5.74, 6) is 0.319. The number of amides is 1. The molecule has 1 aromatic heterocycles. The molecule has 1 amide bonds. The summed E-state index contributed by atoms with van der Waals surface area (Å²) in [4.78, 5) is 12.6. The van der Waals surface area contributed by atoms with Crippen molar-refractivity contribution >= 4 is 17.5 Å². The molecule has 0 aliphatic rings. The second-order valence-corrected chi connectivity index (χ2v) is 6.01. The number of carbonyl (C=O) groups is 1. The van der Waals surface area contributed by atoms with Gasteiger partial charge in [0.25, 0.3) is 0 Å². The van der Waals surface area contributed by atoms with Crippen molar-refractivity contribution in [1.29, 1.82) is 0 Å². The Morgan fingerprint density at radius 1 is 1.16 bits per heavy atom. The number of aromatic nitrogens is 4. The van der Waals surface area contributed by atoms with Crippen LogP contribution in [0.1, 0.15) is 30.7 Å². The molecule has 3 rings (SSSR count).